The fourth-order valence-corrected chi connectivity index (χ4v) is 2.40. The molecule has 0 aliphatic heterocycles. The molecule has 0 aliphatic carbocycles. The van der Waals surface area contributed by atoms with Crippen LogP contribution >= 0.6 is 0 Å². The molecular formula is C18H31NO. The Bertz CT molecular complexity index is 381. The van der Waals surface area contributed by atoms with Crippen LogP contribution in [0.2, 0.25) is 0 Å². The van der Waals surface area contributed by atoms with E-state index in [-0.39, 0.29) is 5.41 Å². The largest absolute Gasteiger partial charge is 0.493 e. The molecule has 1 aromatic rings. The Kier molecular flexibility index (Phi) is 7.08. The number of rotatable bonds is 8. The summed E-state index contributed by atoms with van der Waals surface area (Å²) in [5, 5.41) is 3.44. The molecule has 1 atom stereocenters. The lowest BCUT2D eigenvalue weighted by Gasteiger charge is -2.22. The summed E-state index contributed by atoms with van der Waals surface area (Å²) in [5.41, 5.74) is 1.43. The number of hydrogen-bond donors (Lipinski definition) is 1. The van der Waals surface area contributed by atoms with Gasteiger partial charge >= 0.3 is 0 Å². The molecule has 2 nitrogen and oxygen atoms in total. The van der Waals surface area contributed by atoms with Crippen LogP contribution in [0.5, 0.6) is 5.75 Å². The molecule has 1 aromatic carbocycles. The summed E-state index contributed by atoms with van der Waals surface area (Å²) in [7, 11) is 0. The van der Waals surface area contributed by atoms with Crippen LogP contribution < -0.4 is 10.1 Å². The Morgan fingerprint density at radius 1 is 1.15 bits per heavy atom. The van der Waals surface area contributed by atoms with Crippen molar-refractivity contribution in [1.29, 1.82) is 0 Å². The maximum absolute atomic E-state index is 5.99. The van der Waals surface area contributed by atoms with Crippen LogP contribution in [0.4, 0.5) is 0 Å². The van der Waals surface area contributed by atoms with E-state index in [0.29, 0.717) is 6.04 Å². The average Bonchev–Trinajstić information content (AvgIpc) is 2.38. The van der Waals surface area contributed by atoms with Crippen LogP contribution in [0.15, 0.2) is 24.3 Å². The van der Waals surface area contributed by atoms with Crippen LogP contribution in [-0.2, 0) is 5.41 Å². The summed E-state index contributed by atoms with van der Waals surface area (Å²) in [4.78, 5) is 0. The van der Waals surface area contributed by atoms with E-state index < -0.39 is 0 Å². The van der Waals surface area contributed by atoms with Crippen molar-refractivity contribution in [2.75, 3.05) is 13.2 Å². The van der Waals surface area contributed by atoms with E-state index in [1.807, 2.05) is 0 Å². The van der Waals surface area contributed by atoms with Gasteiger partial charge in [0.1, 0.15) is 5.75 Å². The normalized spacial score (nSPS) is 13.2. The SMILES string of the molecule is CCNC(C)CCCCOc1ccccc1C(C)(C)C. The molecule has 2 heteroatoms. The number of hydrogen-bond acceptors (Lipinski definition) is 2. The molecule has 0 amide bonds. The van der Waals surface area contributed by atoms with E-state index in [4.69, 9.17) is 4.74 Å². The molecule has 20 heavy (non-hydrogen) atoms. The molecule has 0 saturated carbocycles. The maximum atomic E-state index is 5.99. The number of benzene rings is 1. The first-order valence-corrected chi connectivity index (χ1v) is 7.91. The quantitative estimate of drug-likeness (QED) is 0.705. The molecule has 0 fully saturated rings. The van der Waals surface area contributed by atoms with Crippen molar-refractivity contribution in [3.8, 4) is 5.75 Å². The van der Waals surface area contributed by atoms with Crippen molar-refractivity contribution < 1.29 is 4.74 Å². The third-order valence-electron chi connectivity index (χ3n) is 3.54. The smallest absolute Gasteiger partial charge is 0.123 e. The Hall–Kier alpha value is -1.02. The third kappa shape index (κ3) is 5.96. The fourth-order valence-electron chi connectivity index (χ4n) is 2.40. The molecule has 114 valence electrons. The maximum Gasteiger partial charge on any atom is 0.123 e. The second kappa shape index (κ2) is 8.31. The van der Waals surface area contributed by atoms with Crippen LogP contribution in [0, 0.1) is 0 Å². The molecule has 0 aliphatic rings. The lowest BCUT2D eigenvalue weighted by molar-refractivity contribution is 0.294. The summed E-state index contributed by atoms with van der Waals surface area (Å²) in [6, 6.07) is 9.01. The van der Waals surface area contributed by atoms with E-state index >= 15 is 0 Å². The van der Waals surface area contributed by atoms with Crippen molar-refractivity contribution in [2.24, 2.45) is 0 Å². The van der Waals surface area contributed by atoms with Gasteiger partial charge in [-0.25, -0.2) is 0 Å². The molecule has 0 spiro atoms. The van der Waals surface area contributed by atoms with Crippen molar-refractivity contribution in [1.82, 2.24) is 5.32 Å². The molecule has 1 N–H and O–H groups in total. The molecule has 1 rings (SSSR count). The Morgan fingerprint density at radius 2 is 1.85 bits per heavy atom. The van der Waals surface area contributed by atoms with E-state index in [1.54, 1.807) is 0 Å². The zero-order chi connectivity index (χ0) is 15.0. The average molecular weight is 277 g/mol. The third-order valence-corrected chi connectivity index (χ3v) is 3.54. The predicted molar refractivity (Wildman–Crippen MR) is 87.6 cm³/mol. The summed E-state index contributed by atoms with van der Waals surface area (Å²) in [5.74, 6) is 1.04. The lowest BCUT2D eigenvalue weighted by atomic mass is 9.86. The highest BCUT2D eigenvalue weighted by Crippen LogP contribution is 2.30. The number of ether oxygens (including phenoxy) is 1. The van der Waals surface area contributed by atoms with Gasteiger partial charge in [-0.05, 0) is 49.8 Å². The molecule has 1 unspecified atom stereocenters. The second-order valence-electron chi connectivity index (χ2n) is 6.55. The highest BCUT2D eigenvalue weighted by Gasteiger charge is 2.18. The summed E-state index contributed by atoms with van der Waals surface area (Å²) in [6.45, 7) is 13.0. The second-order valence-corrected chi connectivity index (χ2v) is 6.55. The van der Waals surface area contributed by atoms with Crippen molar-refractivity contribution in [3.63, 3.8) is 0 Å². The molecular weight excluding hydrogens is 246 g/mol. The van der Waals surface area contributed by atoms with Gasteiger partial charge in [-0.15, -0.1) is 0 Å². The van der Waals surface area contributed by atoms with E-state index in [1.165, 1.54) is 18.4 Å². The number of para-hydroxylation sites is 1. The highest BCUT2D eigenvalue weighted by atomic mass is 16.5. The zero-order valence-electron chi connectivity index (χ0n) is 13.8. The first-order valence-electron chi connectivity index (χ1n) is 7.91. The van der Waals surface area contributed by atoms with Gasteiger partial charge in [0.05, 0.1) is 6.61 Å². The minimum Gasteiger partial charge on any atom is -0.493 e. The van der Waals surface area contributed by atoms with E-state index in [2.05, 4.69) is 64.2 Å². The molecule has 0 bridgehead atoms. The molecule has 0 saturated heterocycles. The summed E-state index contributed by atoms with van der Waals surface area (Å²) < 4.78 is 5.99. The van der Waals surface area contributed by atoms with Crippen LogP contribution in [0.1, 0.15) is 59.4 Å². The Morgan fingerprint density at radius 3 is 2.50 bits per heavy atom. The number of unbranched alkanes of at least 4 members (excludes halogenated alkanes) is 1. The fraction of sp³-hybridized carbons (Fsp3) is 0.667. The van der Waals surface area contributed by atoms with Crippen LogP contribution in [-0.4, -0.2) is 19.2 Å². The first-order chi connectivity index (χ1) is 9.45. The monoisotopic (exact) mass is 277 g/mol. The highest BCUT2D eigenvalue weighted by molar-refractivity contribution is 5.38. The minimum absolute atomic E-state index is 0.135. The van der Waals surface area contributed by atoms with Gasteiger partial charge in [0.15, 0.2) is 0 Å². The molecule has 0 aromatic heterocycles. The first kappa shape index (κ1) is 17.0. The van der Waals surface area contributed by atoms with Crippen LogP contribution in [0.3, 0.4) is 0 Å². The predicted octanol–water partition coefficient (Wildman–Crippen LogP) is 4.53. The zero-order valence-corrected chi connectivity index (χ0v) is 13.8. The summed E-state index contributed by atoms with van der Waals surface area (Å²) >= 11 is 0. The number of nitrogens with one attached hydrogen (secondary N) is 1. The Labute approximate surface area is 124 Å². The molecule has 0 heterocycles. The summed E-state index contributed by atoms with van der Waals surface area (Å²) in [6.07, 6.45) is 3.55. The van der Waals surface area contributed by atoms with Gasteiger partial charge in [-0.3, -0.25) is 0 Å². The van der Waals surface area contributed by atoms with E-state index in [9.17, 15) is 0 Å². The van der Waals surface area contributed by atoms with Gasteiger partial charge in [-0.2, -0.15) is 0 Å². The topological polar surface area (TPSA) is 21.3 Å². The van der Waals surface area contributed by atoms with Crippen molar-refractivity contribution >= 4 is 0 Å². The standard InChI is InChI=1S/C18H31NO/c1-6-19-15(2)11-9-10-14-20-17-13-8-7-12-16(17)18(3,4)5/h7-8,12-13,15,19H,6,9-11,14H2,1-5H3. The van der Waals surface area contributed by atoms with Gasteiger partial charge in [0, 0.05) is 6.04 Å². The van der Waals surface area contributed by atoms with Crippen LogP contribution in [0.25, 0.3) is 0 Å². The Balaban J connectivity index is 2.36. The van der Waals surface area contributed by atoms with Gasteiger partial charge in [0.25, 0.3) is 0 Å². The van der Waals surface area contributed by atoms with Gasteiger partial charge in [0.2, 0.25) is 0 Å². The van der Waals surface area contributed by atoms with Gasteiger partial charge in [-0.1, -0.05) is 45.9 Å². The van der Waals surface area contributed by atoms with Crippen molar-refractivity contribution in [3.05, 3.63) is 29.8 Å². The minimum atomic E-state index is 0.135. The lowest BCUT2D eigenvalue weighted by Crippen LogP contribution is -2.25. The van der Waals surface area contributed by atoms with Crippen molar-refractivity contribution in [2.45, 2.75) is 65.3 Å². The molecule has 0 radical (unpaired) electrons. The van der Waals surface area contributed by atoms with E-state index in [0.717, 1.165) is 25.3 Å². The van der Waals surface area contributed by atoms with Gasteiger partial charge < -0.3 is 10.1 Å².